The molecule has 5 nitrogen and oxygen atoms in total. The van der Waals surface area contributed by atoms with Crippen LogP contribution >= 0.6 is 11.9 Å². The van der Waals surface area contributed by atoms with Crippen LogP contribution in [0.4, 0.5) is 0 Å². The summed E-state index contributed by atoms with van der Waals surface area (Å²) in [5, 5.41) is 0. The Morgan fingerprint density at radius 1 is 0.882 bits per heavy atom. The second-order valence-corrected chi connectivity index (χ2v) is 9.40. The van der Waals surface area contributed by atoms with Crippen LogP contribution in [0, 0.1) is 6.92 Å². The quantitative estimate of drug-likeness (QED) is 0.174. The maximum atomic E-state index is 6.64. The predicted octanol–water partition coefficient (Wildman–Crippen LogP) is 5.95. The molecule has 2 N–H and O–H groups in total. The highest BCUT2D eigenvalue weighted by Gasteiger charge is 2.19. The first-order valence-corrected chi connectivity index (χ1v) is 12.1. The van der Waals surface area contributed by atoms with Crippen molar-refractivity contribution < 1.29 is 0 Å². The fourth-order valence-corrected chi connectivity index (χ4v) is 5.01. The highest BCUT2D eigenvalue weighted by molar-refractivity contribution is 7.97. The third-order valence-corrected chi connectivity index (χ3v) is 6.93. The third kappa shape index (κ3) is 5.04. The number of imidazole rings is 1. The molecule has 170 valence electrons. The van der Waals surface area contributed by atoms with Crippen molar-refractivity contribution >= 4 is 23.0 Å². The van der Waals surface area contributed by atoms with Crippen LogP contribution in [-0.2, 0) is 13.0 Å². The van der Waals surface area contributed by atoms with Gasteiger partial charge in [0.05, 0.1) is 23.3 Å². The molecule has 0 aliphatic carbocycles. The average Bonchev–Trinajstić information content (AvgIpc) is 3.19. The molecule has 1 atom stereocenters. The zero-order valence-electron chi connectivity index (χ0n) is 19.1. The molecule has 0 radical (unpaired) electrons. The van der Waals surface area contributed by atoms with Crippen LogP contribution in [0.5, 0.6) is 0 Å². The van der Waals surface area contributed by atoms with Gasteiger partial charge in [-0.3, -0.25) is 10.8 Å². The number of aromatic nitrogens is 3. The number of nitrogens with zero attached hydrogens (tertiary/aromatic N) is 4. The van der Waals surface area contributed by atoms with E-state index in [0.717, 1.165) is 34.7 Å². The first kappa shape index (κ1) is 22.3. The number of rotatable bonds is 8. The van der Waals surface area contributed by atoms with E-state index in [9.17, 15) is 0 Å². The van der Waals surface area contributed by atoms with Gasteiger partial charge in [-0.25, -0.2) is 4.98 Å². The molecule has 1 unspecified atom stereocenters. The van der Waals surface area contributed by atoms with Crippen molar-refractivity contribution in [3.63, 3.8) is 0 Å². The second-order valence-electron chi connectivity index (χ2n) is 8.32. The van der Waals surface area contributed by atoms with Crippen LogP contribution in [-0.4, -0.2) is 18.9 Å². The number of pyridine rings is 1. The van der Waals surface area contributed by atoms with Gasteiger partial charge in [0.1, 0.15) is 5.82 Å². The third-order valence-electron chi connectivity index (χ3n) is 5.98. The minimum atomic E-state index is 0.0562. The second kappa shape index (κ2) is 10.2. The van der Waals surface area contributed by atoms with E-state index in [1.54, 1.807) is 18.1 Å². The Bertz CT molecular complexity index is 1350. The van der Waals surface area contributed by atoms with Crippen molar-refractivity contribution in [2.45, 2.75) is 30.8 Å². The summed E-state index contributed by atoms with van der Waals surface area (Å²) in [7, 11) is 0. The molecule has 0 aliphatic rings. The summed E-state index contributed by atoms with van der Waals surface area (Å²) < 4.78 is 4.07. The number of hydrazine groups is 1. The van der Waals surface area contributed by atoms with Gasteiger partial charge >= 0.3 is 0 Å². The number of fused-ring (bicyclic) bond motifs is 1. The predicted molar refractivity (Wildman–Crippen MR) is 139 cm³/mol. The summed E-state index contributed by atoms with van der Waals surface area (Å²) in [6.45, 7) is 2.79. The largest absolute Gasteiger partial charge is 0.322 e. The van der Waals surface area contributed by atoms with Gasteiger partial charge in [-0.05, 0) is 60.2 Å². The molecule has 5 rings (SSSR count). The standard InChI is InChI=1S/C28H27N5S/c1-21-31-26-16-17-30-19-28(26)32(21)20-23-12-14-25(15-13-23)34-33(29)27(24-10-6-3-7-11-24)18-22-8-4-2-5-9-22/h2-17,19,27H,18,20,29H2,1H3. The van der Waals surface area contributed by atoms with E-state index in [4.69, 9.17) is 5.84 Å². The SMILES string of the molecule is Cc1nc2ccncc2n1Cc1ccc(SN(N)C(Cc2ccccc2)c2ccccc2)cc1. The summed E-state index contributed by atoms with van der Waals surface area (Å²) in [4.78, 5) is 10.0. The molecule has 34 heavy (non-hydrogen) atoms. The van der Waals surface area contributed by atoms with E-state index in [2.05, 4.69) is 87.3 Å². The van der Waals surface area contributed by atoms with E-state index in [1.807, 2.05) is 35.7 Å². The highest BCUT2D eigenvalue weighted by Crippen LogP contribution is 2.32. The summed E-state index contributed by atoms with van der Waals surface area (Å²) in [6, 6.07) is 31.6. The minimum Gasteiger partial charge on any atom is -0.322 e. The molecule has 0 bridgehead atoms. The molecule has 0 fully saturated rings. The van der Waals surface area contributed by atoms with E-state index >= 15 is 0 Å². The van der Waals surface area contributed by atoms with Gasteiger partial charge in [0, 0.05) is 17.6 Å². The zero-order chi connectivity index (χ0) is 23.3. The Hall–Kier alpha value is -3.45. The van der Waals surface area contributed by atoms with E-state index < -0.39 is 0 Å². The Balaban J connectivity index is 1.32. The lowest BCUT2D eigenvalue weighted by molar-refractivity contribution is 0.370. The van der Waals surface area contributed by atoms with Crippen LogP contribution < -0.4 is 5.84 Å². The van der Waals surface area contributed by atoms with Crippen molar-refractivity contribution in [3.05, 3.63) is 126 Å². The monoisotopic (exact) mass is 465 g/mol. The molecule has 0 aliphatic heterocycles. The van der Waals surface area contributed by atoms with Crippen LogP contribution in [0.1, 0.15) is 28.6 Å². The molecular formula is C28H27N5S. The Morgan fingerprint density at radius 2 is 1.59 bits per heavy atom. The van der Waals surface area contributed by atoms with Crippen molar-refractivity contribution in [1.82, 2.24) is 18.9 Å². The Labute approximate surface area is 204 Å². The van der Waals surface area contributed by atoms with Crippen LogP contribution in [0.25, 0.3) is 11.0 Å². The maximum absolute atomic E-state index is 6.64. The first-order chi connectivity index (χ1) is 16.7. The van der Waals surface area contributed by atoms with Crippen LogP contribution in [0.2, 0.25) is 0 Å². The van der Waals surface area contributed by atoms with Gasteiger partial charge in [-0.1, -0.05) is 72.8 Å². The van der Waals surface area contributed by atoms with Crippen molar-refractivity contribution in [2.75, 3.05) is 0 Å². The molecule has 0 saturated carbocycles. The molecule has 0 saturated heterocycles. The summed E-state index contributed by atoms with van der Waals surface area (Å²) in [6.07, 6.45) is 4.50. The lowest BCUT2D eigenvalue weighted by Gasteiger charge is -2.27. The molecule has 5 aromatic rings. The van der Waals surface area contributed by atoms with Crippen molar-refractivity contribution in [1.29, 1.82) is 0 Å². The van der Waals surface area contributed by atoms with E-state index in [0.29, 0.717) is 0 Å². The fraction of sp³-hybridized carbons (Fsp3) is 0.143. The Morgan fingerprint density at radius 3 is 2.32 bits per heavy atom. The number of nitrogens with two attached hydrogens (primary N) is 1. The summed E-state index contributed by atoms with van der Waals surface area (Å²) >= 11 is 1.57. The normalized spacial score (nSPS) is 12.3. The highest BCUT2D eigenvalue weighted by atomic mass is 32.2. The van der Waals surface area contributed by atoms with E-state index in [-0.39, 0.29) is 6.04 Å². The van der Waals surface area contributed by atoms with Crippen LogP contribution in [0.3, 0.4) is 0 Å². The first-order valence-electron chi connectivity index (χ1n) is 11.3. The van der Waals surface area contributed by atoms with Gasteiger partial charge in [0.2, 0.25) is 0 Å². The van der Waals surface area contributed by atoms with Gasteiger partial charge in [0.25, 0.3) is 0 Å². The number of benzene rings is 3. The summed E-state index contributed by atoms with van der Waals surface area (Å²) in [5.41, 5.74) is 5.71. The Kier molecular flexibility index (Phi) is 6.72. The maximum Gasteiger partial charge on any atom is 0.107 e. The fourth-order valence-electron chi connectivity index (χ4n) is 4.18. The number of aryl methyl sites for hydroxylation is 1. The smallest absolute Gasteiger partial charge is 0.107 e. The molecule has 0 spiro atoms. The minimum absolute atomic E-state index is 0.0562. The summed E-state index contributed by atoms with van der Waals surface area (Å²) in [5.74, 6) is 7.62. The molecular weight excluding hydrogens is 438 g/mol. The lowest BCUT2D eigenvalue weighted by Crippen LogP contribution is -2.30. The zero-order valence-corrected chi connectivity index (χ0v) is 19.9. The van der Waals surface area contributed by atoms with Crippen molar-refractivity contribution in [3.8, 4) is 0 Å². The molecule has 2 aromatic heterocycles. The number of hydrogen-bond donors (Lipinski definition) is 1. The van der Waals surface area contributed by atoms with E-state index in [1.165, 1.54) is 16.7 Å². The molecule has 2 heterocycles. The van der Waals surface area contributed by atoms with Gasteiger partial charge in [-0.2, -0.15) is 4.41 Å². The molecule has 6 heteroatoms. The van der Waals surface area contributed by atoms with Crippen LogP contribution in [0.15, 0.2) is 108 Å². The molecule has 0 amide bonds. The average molecular weight is 466 g/mol. The van der Waals surface area contributed by atoms with Crippen molar-refractivity contribution in [2.24, 2.45) is 5.84 Å². The van der Waals surface area contributed by atoms with Gasteiger partial charge in [0.15, 0.2) is 0 Å². The topological polar surface area (TPSA) is 60.0 Å². The number of hydrogen-bond acceptors (Lipinski definition) is 5. The van der Waals surface area contributed by atoms with Gasteiger partial charge < -0.3 is 4.57 Å². The van der Waals surface area contributed by atoms with Gasteiger partial charge in [-0.15, -0.1) is 0 Å². The molecule has 3 aromatic carbocycles. The lowest BCUT2D eigenvalue weighted by atomic mass is 9.99.